The first-order valence-electron chi connectivity index (χ1n) is 7.02. The number of nitrogens with zero attached hydrogens (tertiary/aromatic N) is 1. The van der Waals surface area contributed by atoms with Gasteiger partial charge >= 0.3 is 0 Å². The van der Waals surface area contributed by atoms with Crippen molar-refractivity contribution in [1.29, 1.82) is 5.26 Å². The lowest BCUT2D eigenvalue weighted by Gasteiger charge is -2.25. The van der Waals surface area contributed by atoms with E-state index in [0.717, 1.165) is 12.8 Å². The highest BCUT2D eigenvalue weighted by Gasteiger charge is 2.48. The van der Waals surface area contributed by atoms with Crippen LogP contribution in [0, 0.1) is 23.2 Å². The lowest BCUT2D eigenvalue weighted by Crippen LogP contribution is -2.30. The van der Waals surface area contributed by atoms with Crippen LogP contribution in [0.1, 0.15) is 24.8 Å². The molecule has 4 unspecified atom stereocenters. The number of nitriles is 1. The van der Waals surface area contributed by atoms with Crippen molar-refractivity contribution in [3.05, 3.63) is 35.9 Å². The summed E-state index contributed by atoms with van der Waals surface area (Å²) < 4.78 is 11.8. The van der Waals surface area contributed by atoms with E-state index >= 15 is 0 Å². The van der Waals surface area contributed by atoms with Crippen molar-refractivity contribution in [3.8, 4) is 6.07 Å². The average Bonchev–Trinajstić information content (AvgIpc) is 3.03. The summed E-state index contributed by atoms with van der Waals surface area (Å²) in [6.07, 6.45) is 3.47. The van der Waals surface area contributed by atoms with Gasteiger partial charge in [-0.15, -0.1) is 0 Å². The van der Waals surface area contributed by atoms with E-state index in [1.807, 2.05) is 18.2 Å². The Bertz CT molecular complexity index is 454. The van der Waals surface area contributed by atoms with E-state index < -0.39 is 0 Å². The van der Waals surface area contributed by atoms with Crippen LogP contribution >= 0.6 is 0 Å². The summed E-state index contributed by atoms with van der Waals surface area (Å²) in [5.41, 5.74) is 1.20. The molecule has 0 N–H and O–H groups in total. The van der Waals surface area contributed by atoms with E-state index in [1.165, 1.54) is 5.56 Å². The molecule has 3 nitrogen and oxygen atoms in total. The quantitative estimate of drug-likeness (QED) is 0.814. The normalized spacial score (nSPS) is 32.4. The van der Waals surface area contributed by atoms with Crippen LogP contribution in [0.4, 0.5) is 0 Å². The number of hydrogen-bond donors (Lipinski definition) is 0. The van der Waals surface area contributed by atoms with Gasteiger partial charge in [0.15, 0.2) is 0 Å². The highest BCUT2D eigenvalue weighted by molar-refractivity contribution is 5.13. The molecule has 1 aromatic carbocycles. The van der Waals surface area contributed by atoms with Crippen LogP contribution in [0.5, 0.6) is 0 Å². The summed E-state index contributed by atoms with van der Waals surface area (Å²) >= 11 is 0. The first kappa shape index (κ1) is 12.7. The minimum Gasteiger partial charge on any atom is -0.376 e. The summed E-state index contributed by atoms with van der Waals surface area (Å²) in [6.45, 7) is 1.36. The number of rotatable bonds is 5. The van der Waals surface area contributed by atoms with Gasteiger partial charge in [-0.25, -0.2) is 0 Å². The molecule has 0 saturated carbocycles. The van der Waals surface area contributed by atoms with Gasteiger partial charge in [-0.2, -0.15) is 5.26 Å². The fourth-order valence-electron chi connectivity index (χ4n) is 3.38. The molecular weight excluding hydrogens is 238 g/mol. The zero-order valence-corrected chi connectivity index (χ0v) is 11.0. The van der Waals surface area contributed by atoms with Gasteiger partial charge in [0, 0.05) is 18.3 Å². The molecule has 2 aliphatic rings. The first-order valence-corrected chi connectivity index (χ1v) is 7.02. The molecular formula is C16H19NO2. The van der Waals surface area contributed by atoms with Crippen molar-refractivity contribution in [2.24, 2.45) is 11.8 Å². The Morgan fingerprint density at radius 2 is 1.89 bits per heavy atom. The molecule has 2 aliphatic heterocycles. The molecule has 4 atom stereocenters. The van der Waals surface area contributed by atoms with Gasteiger partial charge in [-0.1, -0.05) is 30.3 Å². The maximum atomic E-state index is 8.93. The van der Waals surface area contributed by atoms with Gasteiger partial charge in [-0.3, -0.25) is 0 Å². The van der Waals surface area contributed by atoms with Crippen LogP contribution in [-0.4, -0.2) is 18.8 Å². The third-order valence-electron chi connectivity index (χ3n) is 4.34. The predicted octanol–water partition coefficient (Wildman–Crippen LogP) is 2.91. The predicted molar refractivity (Wildman–Crippen MR) is 71.2 cm³/mol. The molecule has 0 spiro atoms. The molecule has 2 fully saturated rings. The lowest BCUT2D eigenvalue weighted by atomic mass is 9.78. The Kier molecular flexibility index (Phi) is 3.82. The summed E-state index contributed by atoms with van der Waals surface area (Å²) in [4.78, 5) is 0. The number of hydrogen-bond acceptors (Lipinski definition) is 3. The maximum Gasteiger partial charge on any atom is 0.0717 e. The molecule has 1 aromatic rings. The molecule has 2 bridgehead atoms. The van der Waals surface area contributed by atoms with Crippen LogP contribution in [0.2, 0.25) is 0 Å². The molecule has 3 heteroatoms. The Morgan fingerprint density at radius 1 is 1.16 bits per heavy atom. The maximum absolute atomic E-state index is 8.93. The van der Waals surface area contributed by atoms with Gasteiger partial charge in [0.1, 0.15) is 0 Å². The Morgan fingerprint density at radius 3 is 2.63 bits per heavy atom. The van der Waals surface area contributed by atoms with Crippen molar-refractivity contribution in [2.75, 3.05) is 6.61 Å². The molecule has 0 amide bonds. The summed E-state index contributed by atoms with van der Waals surface area (Å²) in [7, 11) is 0. The molecule has 2 saturated heterocycles. The van der Waals surface area contributed by atoms with Crippen LogP contribution < -0.4 is 0 Å². The van der Waals surface area contributed by atoms with E-state index in [2.05, 4.69) is 18.2 Å². The Hall–Kier alpha value is -1.37. The SMILES string of the molecule is N#CCC1C2CCC(O2)C1COCc1ccccc1. The summed E-state index contributed by atoms with van der Waals surface area (Å²) in [6, 6.07) is 12.5. The van der Waals surface area contributed by atoms with Gasteiger partial charge in [0.05, 0.1) is 31.5 Å². The lowest BCUT2D eigenvalue weighted by molar-refractivity contribution is 0.0420. The monoisotopic (exact) mass is 257 g/mol. The minimum absolute atomic E-state index is 0.301. The Balaban J connectivity index is 1.53. The largest absolute Gasteiger partial charge is 0.376 e. The molecule has 3 rings (SSSR count). The summed E-state index contributed by atoms with van der Waals surface area (Å²) in [5.74, 6) is 0.779. The average molecular weight is 257 g/mol. The van der Waals surface area contributed by atoms with Crippen molar-refractivity contribution in [2.45, 2.75) is 38.1 Å². The fourth-order valence-corrected chi connectivity index (χ4v) is 3.38. The molecule has 0 aromatic heterocycles. The zero-order valence-electron chi connectivity index (χ0n) is 11.0. The number of benzene rings is 1. The van der Waals surface area contributed by atoms with Crippen molar-refractivity contribution >= 4 is 0 Å². The second-order valence-electron chi connectivity index (χ2n) is 5.48. The highest BCUT2D eigenvalue weighted by atomic mass is 16.5. The standard InChI is InChI=1S/C16H19NO2/c17-9-8-13-14(16-7-6-15(13)19-16)11-18-10-12-4-2-1-3-5-12/h1-5,13-16H,6-8,10-11H2. The van der Waals surface area contributed by atoms with E-state index in [0.29, 0.717) is 43.7 Å². The smallest absolute Gasteiger partial charge is 0.0717 e. The number of ether oxygens (including phenoxy) is 2. The van der Waals surface area contributed by atoms with Crippen LogP contribution in [0.3, 0.4) is 0 Å². The second-order valence-corrected chi connectivity index (χ2v) is 5.48. The van der Waals surface area contributed by atoms with E-state index in [1.54, 1.807) is 0 Å². The molecule has 0 radical (unpaired) electrons. The number of fused-ring (bicyclic) bond motifs is 2. The summed E-state index contributed by atoms with van der Waals surface area (Å²) in [5, 5.41) is 8.93. The van der Waals surface area contributed by atoms with Gasteiger partial charge in [0.25, 0.3) is 0 Å². The third-order valence-corrected chi connectivity index (χ3v) is 4.34. The molecule has 100 valence electrons. The van der Waals surface area contributed by atoms with Crippen molar-refractivity contribution < 1.29 is 9.47 Å². The third kappa shape index (κ3) is 2.65. The fraction of sp³-hybridized carbons (Fsp3) is 0.562. The second kappa shape index (κ2) is 5.73. The van der Waals surface area contributed by atoms with Crippen molar-refractivity contribution in [1.82, 2.24) is 0 Å². The van der Waals surface area contributed by atoms with Gasteiger partial charge in [0.2, 0.25) is 0 Å². The van der Waals surface area contributed by atoms with E-state index in [9.17, 15) is 0 Å². The zero-order chi connectivity index (χ0) is 13.1. The van der Waals surface area contributed by atoms with Crippen LogP contribution in [0.25, 0.3) is 0 Å². The van der Waals surface area contributed by atoms with E-state index in [-0.39, 0.29) is 0 Å². The molecule has 19 heavy (non-hydrogen) atoms. The first-order chi connectivity index (χ1) is 9.38. The van der Waals surface area contributed by atoms with Crippen LogP contribution in [0.15, 0.2) is 30.3 Å². The minimum atomic E-state index is 0.301. The topological polar surface area (TPSA) is 42.2 Å². The highest BCUT2D eigenvalue weighted by Crippen LogP contribution is 2.44. The van der Waals surface area contributed by atoms with Crippen LogP contribution in [-0.2, 0) is 16.1 Å². The van der Waals surface area contributed by atoms with Crippen molar-refractivity contribution in [3.63, 3.8) is 0 Å². The van der Waals surface area contributed by atoms with Gasteiger partial charge < -0.3 is 9.47 Å². The molecule has 2 heterocycles. The Labute approximate surface area is 114 Å². The van der Waals surface area contributed by atoms with Gasteiger partial charge in [-0.05, 0) is 18.4 Å². The van der Waals surface area contributed by atoms with E-state index in [4.69, 9.17) is 14.7 Å². The molecule has 0 aliphatic carbocycles.